The first-order valence-electron chi connectivity index (χ1n) is 9.32. The molecule has 0 spiro atoms. The van der Waals surface area contributed by atoms with E-state index in [0.29, 0.717) is 22.6 Å². The summed E-state index contributed by atoms with van der Waals surface area (Å²) in [5, 5.41) is 32.9. The normalized spacial score (nSPS) is 20.6. The van der Waals surface area contributed by atoms with Gasteiger partial charge in [-0.2, -0.15) is 0 Å². The zero-order chi connectivity index (χ0) is 22.8. The van der Waals surface area contributed by atoms with Gasteiger partial charge in [0.05, 0.1) is 0 Å². The molecule has 2 aliphatic rings. The van der Waals surface area contributed by atoms with Crippen molar-refractivity contribution >= 4 is 58.4 Å². The van der Waals surface area contributed by atoms with Gasteiger partial charge in [0, 0.05) is 17.1 Å². The highest BCUT2D eigenvalue weighted by atomic mass is 32.2. The van der Waals surface area contributed by atoms with E-state index in [4.69, 9.17) is 0 Å². The summed E-state index contributed by atoms with van der Waals surface area (Å²) < 4.78 is 0.726. The van der Waals surface area contributed by atoms with Gasteiger partial charge >= 0.3 is 5.97 Å². The summed E-state index contributed by atoms with van der Waals surface area (Å²) in [5.41, 5.74) is 0.717. The van der Waals surface area contributed by atoms with Crippen LogP contribution in [0.5, 0.6) is 0 Å². The minimum Gasteiger partial charge on any atom is -0.477 e. The zero-order valence-electron chi connectivity index (χ0n) is 16.6. The Bertz CT molecular complexity index is 1130. The quantitative estimate of drug-likeness (QED) is 0.173. The fourth-order valence-corrected chi connectivity index (χ4v) is 6.62. The summed E-state index contributed by atoms with van der Waals surface area (Å²) >= 11 is 4.16. The maximum Gasteiger partial charge on any atom is 0.352 e. The standard InChI is InChI=1S/C19H17N5O5S3/c1-9-21-22-19(32-9)31-8-11-7-30-17-13(16(26)24(17)14(11)18(27)28)20-15(25)12(23-29)10-5-3-2-4-6-10/h2-6,13,17,29H,7-8H2,1H3,(H,20,25)(H,27,28)/t13-,17+/m1/s1. The molecule has 2 atom stereocenters. The molecule has 2 amide bonds. The van der Waals surface area contributed by atoms with Crippen molar-refractivity contribution in [3.05, 3.63) is 52.2 Å². The molecule has 1 saturated heterocycles. The number of carboxylic acid groups (broad SMARTS) is 1. The highest BCUT2D eigenvalue weighted by molar-refractivity contribution is 8.01. The maximum atomic E-state index is 12.8. The molecule has 32 heavy (non-hydrogen) atoms. The molecule has 3 N–H and O–H groups in total. The van der Waals surface area contributed by atoms with Crippen LogP contribution in [0.1, 0.15) is 10.6 Å². The first kappa shape index (κ1) is 22.3. The number of benzene rings is 1. The number of rotatable bonds is 7. The Morgan fingerprint density at radius 3 is 2.69 bits per heavy atom. The van der Waals surface area contributed by atoms with Crippen LogP contribution in [0.25, 0.3) is 0 Å². The van der Waals surface area contributed by atoms with Crippen molar-refractivity contribution in [3.63, 3.8) is 0 Å². The van der Waals surface area contributed by atoms with Crippen LogP contribution in [0.4, 0.5) is 0 Å². The van der Waals surface area contributed by atoms with Gasteiger partial charge in [-0.1, -0.05) is 58.6 Å². The van der Waals surface area contributed by atoms with E-state index in [1.165, 1.54) is 39.8 Å². The molecule has 0 bridgehead atoms. The number of carbonyl (C=O) groups is 3. The number of β-lactam (4-membered cyclic amide) rings is 1. The van der Waals surface area contributed by atoms with E-state index in [9.17, 15) is 24.7 Å². The fraction of sp³-hybridized carbons (Fsp3) is 0.263. The number of carboxylic acids is 1. The predicted octanol–water partition coefficient (Wildman–Crippen LogP) is 1.56. The molecule has 0 unspecified atom stereocenters. The predicted molar refractivity (Wildman–Crippen MR) is 120 cm³/mol. The molecule has 3 heterocycles. The first-order chi connectivity index (χ1) is 15.4. The molecule has 1 aromatic heterocycles. The molecular weight excluding hydrogens is 474 g/mol. The van der Waals surface area contributed by atoms with Gasteiger partial charge in [-0.25, -0.2) is 4.79 Å². The van der Waals surface area contributed by atoms with E-state index in [2.05, 4.69) is 20.7 Å². The Labute approximate surface area is 194 Å². The number of hydrogen-bond acceptors (Lipinski definition) is 10. The van der Waals surface area contributed by atoms with E-state index in [1.807, 2.05) is 6.92 Å². The summed E-state index contributed by atoms with van der Waals surface area (Å²) in [4.78, 5) is 38.6. The van der Waals surface area contributed by atoms with Crippen molar-refractivity contribution in [2.24, 2.45) is 5.16 Å². The summed E-state index contributed by atoms with van der Waals surface area (Å²) in [7, 11) is 0. The lowest BCUT2D eigenvalue weighted by Gasteiger charge is -2.49. The number of aromatic nitrogens is 2. The Hall–Kier alpha value is -2.90. The number of oxime groups is 1. The van der Waals surface area contributed by atoms with Gasteiger partial charge in [-0.05, 0) is 12.5 Å². The molecule has 2 aliphatic heterocycles. The van der Waals surface area contributed by atoms with E-state index in [-0.39, 0.29) is 11.4 Å². The lowest BCUT2D eigenvalue weighted by atomic mass is 10.0. The lowest BCUT2D eigenvalue weighted by molar-refractivity contribution is -0.150. The maximum absolute atomic E-state index is 12.8. The van der Waals surface area contributed by atoms with Crippen molar-refractivity contribution in [2.45, 2.75) is 22.7 Å². The van der Waals surface area contributed by atoms with Gasteiger partial charge in [0.1, 0.15) is 22.1 Å². The van der Waals surface area contributed by atoms with Gasteiger partial charge in [-0.15, -0.1) is 22.0 Å². The number of aliphatic carboxylic acids is 1. The first-order valence-corrected chi connectivity index (χ1v) is 12.2. The van der Waals surface area contributed by atoms with E-state index in [0.717, 1.165) is 9.35 Å². The topological polar surface area (TPSA) is 145 Å². The van der Waals surface area contributed by atoms with Crippen LogP contribution >= 0.6 is 34.9 Å². The van der Waals surface area contributed by atoms with Gasteiger partial charge in [0.2, 0.25) is 0 Å². The molecule has 10 nitrogen and oxygen atoms in total. The molecule has 0 aliphatic carbocycles. The number of carbonyl (C=O) groups excluding carboxylic acids is 2. The van der Waals surface area contributed by atoms with Gasteiger partial charge in [-0.3, -0.25) is 14.5 Å². The molecule has 1 aromatic carbocycles. The number of amides is 2. The average Bonchev–Trinajstić information content (AvgIpc) is 3.21. The van der Waals surface area contributed by atoms with Crippen LogP contribution in [0.3, 0.4) is 0 Å². The molecule has 0 radical (unpaired) electrons. The van der Waals surface area contributed by atoms with Crippen molar-refractivity contribution in [1.29, 1.82) is 0 Å². The summed E-state index contributed by atoms with van der Waals surface area (Å²) in [5.74, 6) is -1.67. The second-order valence-corrected chi connectivity index (χ2v) is 10.3. The Morgan fingerprint density at radius 1 is 1.31 bits per heavy atom. The summed E-state index contributed by atoms with van der Waals surface area (Å²) in [6.45, 7) is 1.84. The molecule has 0 saturated carbocycles. The smallest absolute Gasteiger partial charge is 0.352 e. The SMILES string of the molecule is Cc1nnc(SCC2=C(C(=O)O)N3C(=O)[C@@H](NC(=O)C(=NO)c4ccccc4)[C@@H]3SC2)s1. The van der Waals surface area contributed by atoms with Crippen LogP contribution in [-0.2, 0) is 14.4 Å². The van der Waals surface area contributed by atoms with Gasteiger partial charge < -0.3 is 15.6 Å². The molecule has 1 fully saturated rings. The van der Waals surface area contributed by atoms with Gasteiger partial charge in [0.25, 0.3) is 11.8 Å². The summed E-state index contributed by atoms with van der Waals surface area (Å²) in [6, 6.07) is 7.43. The average molecular weight is 492 g/mol. The Balaban J connectivity index is 1.48. The largest absolute Gasteiger partial charge is 0.477 e. The van der Waals surface area contributed by atoms with E-state index < -0.39 is 29.2 Å². The summed E-state index contributed by atoms with van der Waals surface area (Å²) in [6.07, 6.45) is 0. The van der Waals surface area contributed by atoms with Crippen molar-refractivity contribution in [2.75, 3.05) is 11.5 Å². The van der Waals surface area contributed by atoms with Crippen LogP contribution in [-0.4, -0.2) is 71.8 Å². The Kier molecular flexibility index (Phi) is 6.48. The minimum atomic E-state index is -1.20. The number of hydrogen-bond donors (Lipinski definition) is 3. The van der Waals surface area contributed by atoms with Crippen LogP contribution in [0.2, 0.25) is 0 Å². The third kappa shape index (κ3) is 4.23. The van der Waals surface area contributed by atoms with Crippen LogP contribution in [0, 0.1) is 6.92 Å². The fourth-order valence-electron chi connectivity index (χ4n) is 3.32. The molecule has 4 rings (SSSR count). The highest BCUT2D eigenvalue weighted by Gasteiger charge is 2.54. The van der Waals surface area contributed by atoms with E-state index >= 15 is 0 Å². The van der Waals surface area contributed by atoms with Crippen molar-refractivity contribution in [3.8, 4) is 0 Å². The van der Waals surface area contributed by atoms with Crippen LogP contribution < -0.4 is 5.32 Å². The third-order valence-corrected chi connectivity index (χ3v) is 8.17. The minimum absolute atomic E-state index is 0.0582. The second-order valence-electron chi connectivity index (χ2n) is 6.81. The second kappa shape index (κ2) is 9.30. The highest BCUT2D eigenvalue weighted by Crippen LogP contribution is 2.41. The van der Waals surface area contributed by atoms with Crippen molar-refractivity contribution in [1.82, 2.24) is 20.4 Å². The lowest BCUT2D eigenvalue weighted by Crippen LogP contribution is -2.71. The van der Waals surface area contributed by atoms with Gasteiger partial charge in [0.15, 0.2) is 10.1 Å². The molecule has 166 valence electrons. The molecular formula is C19H17N5O5S3. The number of nitrogens with zero attached hydrogens (tertiary/aromatic N) is 4. The zero-order valence-corrected chi connectivity index (χ0v) is 19.0. The number of thioether (sulfide) groups is 2. The van der Waals surface area contributed by atoms with Crippen molar-refractivity contribution < 1.29 is 24.7 Å². The number of fused-ring (bicyclic) bond motifs is 1. The number of aryl methyl sites for hydroxylation is 1. The molecule has 2 aromatic rings. The number of nitrogens with one attached hydrogen (secondary N) is 1. The van der Waals surface area contributed by atoms with Crippen LogP contribution in [0.15, 0.2) is 51.1 Å². The van der Waals surface area contributed by atoms with E-state index in [1.54, 1.807) is 30.3 Å². The monoisotopic (exact) mass is 491 g/mol. The third-order valence-electron chi connectivity index (χ3n) is 4.78. The molecule has 13 heteroatoms. The Morgan fingerprint density at radius 2 is 2.06 bits per heavy atom.